The third-order valence-electron chi connectivity index (χ3n) is 6.24. The van der Waals surface area contributed by atoms with Crippen LogP contribution in [0.1, 0.15) is 70.4 Å². The first-order valence-electron chi connectivity index (χ1n) is 11.3. The average Bonchev–Trinajstić information content (AvgIpc) is 2.70. The van der Waals surface area contributed by atoms with Gasteiger partial charge in [-0.25, -0.2) is 13.6 Å². The molecule has 1 aromatic carbocycles. The Kier molecular flexibility index (Phi) is 6.85. The lowest BCUT2D eigenvalue weighted by atomic mass is 9.82. The summed E-state index contributed by atoms with van der Waals surface area (Å²) in [6, 6.07) is 3.05. The van der Waals surface area contributed by atoms with Crippen molar-refractivity contribution in [1.29, 1.82) is 0 Å². The monoisotopic (exact) mass is 460 g/mol. The highest BCUT2D eigenvalue weighted by molar-refractivity contribution is 5.86. The maximum Gasteiger partial charge on any atom is 0.337 e. The Hall–Kier alpha value is -2.54. The van der Waals surface area contributed by atoms with Crippen molar-refractivity contribution in [1.82, 2.24) is 4.98 Å². The highest BCUT2D eigenvalue weighted by Gasteiger charge is 2.36. The number of nitrogens with zero attached hydrogens (tertiary/aromatic N) is 2. The van der Waals surface area contributed by atoms with Crippen LogP contribution in [0.5, 0.6) is 0 Å². The molecule has 1 saturated heterocycles. The molecule has 0 amide bonds. The molecule has 0 aliphatic carbocycles. The van der Waals surface area contributed by atoms with Crippen molar-refractivity contribution in [2.75, 3.05) is 18.0 Å². The molecule has 1 unspecified atom stereocenters. The number of aliphatic carboxylic acids is 1. The van der Waals surface area contributed by atoms with Gasteiger partial charge in [0.2, 0.25) is 0 Å². The molecule has 2 heterocycles. The van der Waals surface area contributed by atoms with E-state index in [0.29, 0.717) is 35.6 Å². The van der Waals surface area contributed by atoms with E-state index in [2.05, 4.69) is 23.7 Å². The molecule has 0 spiro atoms. The Morgan fingerprint density at radius 3 is 2.27 bits per heavy atom. The summed E-state index contributed by atoms with van der Waals surface area (Å²) < 4.78 is 35.6. The molecule has 0 saturated carbocycles. The van der Waals surface area contributed by atoms with Gasteiger partial charge in [-0.2, -0.15) is 0 Å². The summed E-state index contributed by atoms with van der Waals surface area (Å²) in [7, 11) is 0. The predicted molar refractivity (Wildman–Crippen MR) is 126 cm³/mol. The zero-order chi connectivity index (χ0) is 24.7. The highest BCUT2D eigenvalue weighted by Crippen LogP contribution is 2.44. The number of halogens is 2. The molecule has 0 bridgehead atoms. The molecule has 1 aliphatic rings. The normalized spacial score (nSPS) is 17.2. The lowest BCUT2D eigenvalue weighted by molar-refractivity contribution is -0.160. The second-order valence-electron chi connectivity index (χ2n) is 10.7. The maximum atomic E-state index is 15.1. The van der Waals surface area contributed by atoms with E-state index in [1.165, 1.54) is 25.3 Å². The summed E-state index contributed by atoms with van der Waals surface area (Å²) in [6.07, 6.45) is 1.98. The standard InChI is InChI=1S/C26H34F2N2O3/c1-15-8-9-17(21(28)20(15)27)18-14-29-16(2)19(23(24(31)32)33-25(3,4)5)22(18)30-12-10-26(6,7)11-13-30/h8-9,14,23H,10-13H2,1-7H3,(H,31,32). The molecule has 1 fully saturated rings. The molecular weight excluding hydrogens is 426 g/mol. The van der Waals surface area contributed by atoms with Crippen LogP contribution in [-0.2, 0) is 9.53 Å². The summed E-state index contributed by atoms with van der Waals surface area (Å²) >= 11 is 0. The first-order chi connectivity index (χ1) is 15.2. The summed E-state index contributed by atoms with van der Waals surface area (Å²) in [6.45, 7) is 14.3. The van der Waals surface area contributed by atoms with E-state index in [9.17, 15) is 14.3 Å². The quantitative estimate of drug-likeness (QED) is 0.575. The smallest absolute Gasteiger partial charge is 0.337 e. The number of pyridine rings is 1. The highest BCUT2D eigenvalue weighted by atomic mass is 19.2. The first-order valence-corrected chi connectivity index (χ1v) is 11.3. The summed E-state index contributed by atoms with van der Waals surface area (Å²) in [5.41, 5.74) is 1.47. The van der Waals surface area contributed by atoms with Gasteiger partial charge in [0, 0.05) is 41.7 Å². The number of benzene rings is 1. The van der Waals surface area contributed by atoms with Gasteiger partial charge in [-0.3, -0.25) is 4.98 Å². The number of piperidine rings is 1. The minimum Gasteiger partial charge on any atom is -0.479 e. The van der Waals surface area contributed by atoms with Crippen LogP contribution in [0.2, 0.25) is 0 Å². The van der Waals surface area contributed by atoms with Crippen molar-refractivity contribution in [3.63, 3.8) is 0 Å². The predicted octanol–water partition coefficient (Wildman–Crippen LogP) is 6.21. The van der Waals surface area contributed by atoms with E-state index in [4.69, 9.17) is 4.74 Å². The fourth-order valence-corrected chi connectivity index (χ4v) is 4.24. The third kappa shape index (κ3) is 5.35. The molecule has 1 aromatic heterocycles. The zero-order valence-electron chi connectivity index (χ0n) is 20.6. The van der Waals surface area contributed by atoms with Crippen molar-refractivity contribution < 1.29 is 23.4 Å². The lowest BCUT2D eigenvalue weighted by Crippen LogP contribution is -2.39. The van der Waals surface area contributed by atoms with Crippen molar-refractivity contribution in [2.24, 2.45) is 5.41 Å². The van der Waals surface area contributed by atoms with Crippen LogP contribution >= 0.6 is 0 Å². The number of carbonyl (C=O) groups is 1. The molecule has 1 atom stereocenters. The number of aryl methyl sites for hydroxylation is 2. The Morgan fingerprint density at radius 2 is 1.73 bits per heavy atom. The van der Waals surface area contributed by atoms with Crippen LogP contribution in [0.3, 0.4) is 0 Å². The van der Waals surface area contributed by atoms with Crippen LogP contribution in [0, 0.1) is 30.9 Å². The van der Waals surface area contributed by atoms with Crippen molar-refractivity contribution in [2.45, 2.75) is 73.0 Å². The molecule has 1 aliphatic heterocycles. The van der Waals surface area contributed by atoms with Gasteiger partial charge in [-0.1, -0.05) is 26.0 Å². The largest absolute Gasteiger partial charge is 0.479 e. The minimum absolute atomic E-state index is 0.0616. The summed E-state index contributed by atoms with van der Waals surface area (Å²) in [5.74, 6) is -3.03. The number of carboxylic acids is 1. The number of ether oxygens (including phenoxy) is 1. The van der Waals surface area contributed by atoms with Crippen LogP contribution in [0.25, 0.3) is 11.1 Å². The van der Waals surface area contributed by atoms with Crippen molar-refractivity contribution in [3.05, 3.63) is 46.8 Å². The molecule has 180 valence electrons. The second kappa shape index (κ2) is 9.01. The van der Waals surface area contributed by atoms with E-state index in [0.717, 1.165) is 12.8 Å². The van der Waals surface area contributed by atoms with Crippen molar-refractivity contribution in [3.8, 4) is 11.1 Å². The van der Waals surface area contributed by atoms with Gasteiger partial charge < -0.3 is 14.7 Å². The molecule has 7 heteroatoms. The molecule has 1 N–H and O–H groups in total. The molecule has 33 heavy (non-hydrogen) atoms. The van der Waals surface area contributed by atoms with Gasteiger partial charge in [0.15, 0.2) is 17.7 Å². The van der Waals surface area contributed by atoms with E-state index in [-0.39, 0.29) is 16.5 Å². The van der Waals surface area contributed by atoms with Crippen LogP contribution in [0.4, 0.5) is 14.5 Å². The number of rotatable bonds is 5. The molecule has 5 nitrogen and oxygen atoms in total. The fourth-order valence-electron chi connectivity index (χ4n) is 4.24. The van der Waals surface area contributed by atoms with E-state index < -0.39 is 29.3 Å². The summed E-state index contributed by atoms with van der Waals surface area (Å²) in [4.78, 5) is 18.9. The van der Waals surface area contributed by atoms with Crippen molar-refractivity contribution >= 4 is 11.7 Å². The lowest BCUT2D eigenvalue weighted by Gasteiger charge is -2.41. The average molecular weight is 461 g/mol. The zero-order valence-corrected chi connectivity index (χ0v) is 20.6. The second-order valence-corrected chi connectivity index (χ2v) is 10.7. The van der Waals surface area contributed by atoms with Crippen LogP contribution in [-0.4, -0.2) is 34.8 Å². The van der Waals surface area contributed by atoms with Gasteiger partial charge in [0.05, 0.1) is 11.3 Å². The maximum absolute atomic E-state index is 15.1. The molecular formula is C26H34F2N2O3. The van der Waals surface area contributed by atoms with E-state index in [1.807, 2.05) is 0 Å². The Morgan fingerprint density at radius 1 is 1.12 bits per heavy atom. The number of carboxylic acid groups (broad SMARTS) is 1. The number of anilines is 1. The van der Waals surface area contributed by atoms with Gasteiger partial charge in [0.1, 0.15) is 0 Å². The third-order valence-corrected chi connectivity index (χ3v) is 6.24. The number of aromatic nitrogens is 1. The number of hydrogen-bond donors (Lipinski definition) is 1. The Labute approximate surface area is 194 Å². The first kappa shape index (κ1) is 25.1. The van der Waals surface area contributed by atoms with E-state index >= 15 is 4.39 Å². The van der Waals surface area contributed by atoms with Gasteiger partial charge in [-0.05, 0) is 58.4 Å². The molecule has 0 radical (unpaired) electrons. The van der Waals surface area contributed by atoms with Gasteiger partial charge in [0.25, 0.3) is 0 Å². The number of hydrogen-bond acceptors (Lipinski definition) is 4. The Bertz CT molecular complexity index is 1050. The molecule has 2 aromatic rings. The SMILES string of the molecule is Cc1ccc(-c2cnc(C)c(C(OC(C)(C)C)C(=O)O)c2N2CCC(C)(C)CC2)c(F)c1F. The van der Waals surface area contributed by atoms with Gasteiger partial charge >= 0.3 is 5.97 Å². The fraction of sp³-hybridized carbons (Fsp3) is 0.538. The summed E-state index contributed by atoms with van der Waals surface area (Å²) in [5, 5.41) is 10.1. The topological polar surface area (TPSA) is 62.7 Å². The van der Waals surface area contributed by atoms with Crippen LogP contribution in [0.15, 0.2) is 18.3 Å². The minimum atomic E-state index is -1.30. The Balaban J connectivity index is 2.30. The van der Waals surface area contributed by atoms with E-state index in [1.54, 1.807) is 27.7 Å². The van der Waals surface area contributed by atoms with Gasteiger partial charge in [-0.15, -0.1) is 0 Å². The molecule has 3 rings (SSSR count). The van der Waals surface area contributed by atoms with Crippen LogP contribution < -0.4 is 4.90 Å².